The van der Waals surface area contributed by atoms with Gasteiger partial charge in [-0.2, -0.15) is 0 Å². The second-order valence-electron chi connectivity index (χ2n) is 6.72. The molecule has 6 heteroatoms. The van der Waals surface area contributed by atoms with Gasteiger partial charge >= 0.3 is 0 Å². The molecule has 2 rings (SSSR count). The molecule has 1 aliphatic heterocycles. The van der Waals surface area contributed by atoms with Gasteiger partial charge in [-0.25, -0.2) is 0 Å². The number of amides is 1. The number of benzene rings is 1. The molecule has 1 aromatic carbocycles. The predicted octanol–water partition coefficient (Wildman–Crippen LogP) is 2.26. The van der Waals surface area contributed by atoms with E-state index in [0.29, 0.717) is 18.7 Å². The molecule has 1 aromatic rings. The minimum absolute atomic E-state index is 0.0318. The fraction of sp³-hybridized carbons (Fsp3) is 0.600. The Bertz CT molecular complexity index is 580. The average Bonchev–Trinajstić information content (AvgIpc) is 2.68. The summed E-state index contributed by atoms with van der Waals surface area (Å²) in [6.07, 6.45) is 3.50. The van der Waals surface area contributed by atoms with Crippen LogP contribution >= 0.6 is 0 Å². The van der Waals surface area contributed by atoms with Crippen molar-refractivity contribution in [3.63, 3.8) is 0 Å². The lowest BCUT2D eigenvalue weighted by molar-refractivity contribution is 0.0625. The van der Waals surface area contributed by atoms with Crippen LogP contribution in [0.4, 0.5) is 0 Å². The van der Waals surface area contributed by atoms with Gasteiger partial charge in [-0.3, -0.25) is 9.79 Å². The number of guanidine groups is 1. The van der Waals surface area contributed by atoms with E-state index in [-0.39, 0.29) is 5.91 Å². The summed E-state index contributed by atoms with van der Waals surface area (Å²) in [6, 6.07) is 7.68. The summed E-state index contributed by atoms with van der Waals surface area (Å²) in [5.41, 5.74) is 1.81. The van der Waals surface area contributed by atoms with Crippen molar-refractivity contribution in [2.24, 2.45) is 10.9 Å². The van der Waals surface area contributed by atoms with Crippen molar-refractivity contribution >= 4 is 11.9 Å². The van der Waals surface area contributed by atoms with Crippen LogP contribution in [0.25, 0.3) is 0 Å². The highest BCUT2D eigenvalue weighted by Crippen LogP contribution is 2.18. The quantitative estimate of drug-likeness (QED) is 0.578. The minimum Gasteiger partial charge on any atom is -0.381 e. The van der Waals surface area contributed by atoms with E-state index in [9.17, 15) is 4.79 Å². The monoisotopic (exact) mass is 360 g/mol. The van der Waals surface area contributed by atoms with E-state index in [1.807, 2.05) is 38.2 Å². The summed E-state index contributed by atoms with van der Waals surface area (Å²) in [6.45, 7) is 6.02. The lowest BCUT2D eigenvalue weighted by atomic mass is 9.96. The number of aliphatic imine (C=N–C) groups is 1. The highest BCUT2D eigenvalue weighted by molar-refractivity contribution is 5.94. The van der Waals surface area contributed by atoms with Crippen LogP contribution in [0.1, 0.15) is 42.1 Å². The van der Waals surface area contributed by atoms with Gasteiger partial charge in [-0.05, 0) is 49.8 Å². The van der Waals surface area contributed by atoms with E-state index in [4.69, 9.17) is 4.74 Å². The molecule has 1 amide bonds. The lowest BCUT2D eigenvalue weighted by Gasteiger charge is -2.26. The third kappa shape index (κ3) is 6.33. The van der Waals surface area contributed by atoms with Crippen LogP contribution in [0.15, 0.2) is 29.3 Å². The molecule has 144 valence electrons. The molecular formula is C20H32N4O2. The van der Waals surface area contributed by atoms with Gasteiger partial charge in [0.25, 0.3) is 5.91 Å². The first-order valence-corrected chi connectivity index (χ1v) is 9.50. The molecule has 0 unspecified atom stereocenters. The Morgan fingerprint density at radius 2 is 1.92 bits per heavy atom. The van der Waals surface area contributed by atoms with Gasteiger partial charge in [0.05, 0.1) is 0 Å². The van der Waals surface area contributed by atoms with Gasteiger partial charge in [0.1, 0.15) is 0 Å². The van der Waals surface area contributed by atoms with E-state index in [1.165, 1.54) is 6.42 Å². The first-order valence-electron chi connectivity index (χ1n) is 9.50. The summed E-state index contributed by atoms with van der Waals surface area (Å²) in [4.78, 5) is 18.4. The predicted molar refractivity (Wildman–Crippen MR) is 105 cm³/mol. The van der Waals surface area contributed by atoms with Crippen LogP contribution in [-0.2, 0) is 11.3 Å². The molecule has 6 nitrogen and oxygen atoms in total. The lowest BCUT2D eigenvalue weighted by Crippen LogP contribution is -2.39. The van der Waals surface area contributed by atoms with Crippen LogP contribution in [0.2, 0.25) is 0 Å². The second-order valence-corrected chi connectivity index (χ2v) is 6.72. The van der Waals surface area contributed by atoms with Crippen molar-refractivity contribution in [3.05, 3.63) is 35.4 Å². The van der Waals surface area contributed by atoms with Crippen LogP contribution in [0.5, 0.6) is 0 Å². The summed E-state index contributed by atoms with van der Waals surface area (Å²) in [7, 11) is 3.89. The summed E-state index contributed by atoms with van der Waals surface area (Å²) < 4.78 is 5.42. The Morgan fingerprint density at radius 3 is 2.54 bits per heavy atom. The van der Waals surface area contributed by atoms with Gasteiger partial charge in [-0.15, -0.1) is 0 Å². The highest BCUT2D eigenvalue weighted by Gasteiger charge is 2.15. The van der Waals surface area contributed by atoms with Crippen molar-refractivity contribution in [1.82, 2.24) is 15.5 Å². The Labute approximate surface area is 157 Å². The molecule has 0 aromatic heterocycles. The highest BCUT2D eigenvalue weighted by atomic mass is 16.5. The molecule has 0 saturated carbocycles. The van der Waals surface area contributed by atoms with Gasteiger partial charge in [-0.1, -0.05) is 12.1 Å². The molecule has 0 radical (unpaired) electrons. The summed E-state index contributed by atoms with van der Waals surface area (Å²) in [5.74, 6) is 1.62. The SMILES string of the molecule is CCNC(=O)c1ccc(CNC(=NC)N(C)CCC2CCOCC2)cc1. The number of carbonyl (C=O) groups excluding carboxylic acids is 1. The summed E-state index contributed by atoms with van der Waals surface area (Å²) in [5, 5.41) is 6.21. The van der Waals surface area contributed by atoms with Crippen molar-refractivity contribution in [2.75, 3.05) is 40.4 Å². The Hall–Kier alpha value is -2.08. The first kappa shape index (κ1) is 20.2. The molecule has 0 spiro atoms. The minimum atomic E-state index is -0.0318. The fourth-order valence-corrected chi connectivity index (χ4v) is 3.12. The largest absolute Gasteiger partial charge is 0.381 e. The van der Waals surface area contributed by atoms with Crippen molar-refractivity contribution in [3.8, 4) is 0 Å². The Kier molecular flexibility index (Phi) is 8.41. The van der Waals surface area contributed by atoms with E-state index in [1.54, 1.807) is 0 Å². The van der Waals surface area contributed by atoms with E-state index in [2.05, 4.69) is 27.6 Å². The van der Waals surface area contributed by atoms with Gasteiger partial charge in [0.15, 0.2) is 5.96 Å². The third-order valence-corrected chi connectivity index (χ3v) is 4.79. The molecule has 26 heavy (non-hydrogen) atoms. The maximum atomic E-state index is 11.8. The topological polar surface area (TPSA) is 66.0 Å². The molecule has 1 fully saturated rings. The van der Waals surface area contributed by atoms with Crippen LogP contribution in [-0.4, -0.2) is 57.2 Å². The zero-order chi connectivity index (χ0) is 18.8. The molecule has 2 N–H and O–H groups in total. The zero-order valence-electron chi connectivity index (χ0n) is 16.3. The third-order valence-electron chi connectivity index (χ3n) is 4.79. The second kappa shape index (κ2) is 10.8. The zero-order valence-corrected chi connectivity index (χ0v) is 16.3. The number of ether oxygens (including phenoxy) is 1. The number of carbonyl (C=O) groups is 1. The Morgan fingerprint density at radius 1 is 1.23 bits per heavy atom. The maximum Gasteiger partial charge on any atom is 0.251 e. The maximum absolute atomic E-state index is 11.8. The molecular weight excluding hydrogens is 328 g/mol. The number of nitrogens with zero attached hydrogens (tertiary/aromatic N) is 2. The molecule has 1 heterocycles. The normalized spacial score (nSPS) is 15.6. The Balaban J connectivity index is 1.79. The standard InChI is InChI=1S/C20H32N4O2/c1-4-22-19(25)18-7-5-17(6-8-18)15-23-20(21-2)24(3)12-9-16-10-13-26-14-11-16/h5-8,16H,4,9-15H2,1-3H3,(H,21,23)(H,22,25). The van der Waals surface area contributed by atoms with Crippen LogP contribution < -0.4 is 10.6 Å². The first-order chi connectivity index (χ1) is 12.6. The van der Waals surface area contributed by atoms with Gasteiger partial charge < -0.3 is 20.3 Å². The molecule has 0 bridgehead atoms. The summed E-state index contributed by atoms with van der Waals surface area (Å²) >= 11 is 0. The number of nitrogens with one attached hydrogen (secondary N) is 2. The fourth-order valence-electron chi connectivity index (χ4n) is 3.12. The van der Waals surface area contributed by atoms with Gasteiger partial charge in [0.2, 0.25) is 0 Å². The number of hydrogen-bond acceptors (Lipinski definition) is 3. The molecule has 1 aliphatic rings. The molecule has 0 atom stereocenters. The van der Waals surface area contributed by atoms with Gasteiger partial charge in [0, 0.05) is 52.5 Å². The van der Waals surface area contributed by atoms with Crippen LogP contribution in [0, 0.1) is 5.92 Å². The number of hydrogen-bond donors (Lipinski definition) is 2. The number of rotatable bonds is 7. The van der Waals surface area contributed by atoms with E-state index in [0.717, 1.165) is 50.0 Å². The average molecular weight is 361 g/mol. The van der Waals surface area contributed by atoms with Crippen LogP contribution in [0.3, 0.4) is 0 Å². The van der Waals surface area contributed by atoms with Crippen molar-refractivity contribution in [1.29, 1.82) is 0 Å². The van der Waals surface area contributed by atoms with E-state index < -0.39 is 0 Å². The van der Waals surface area contributed by atoms with Crippen molar-refractivity contribution < 1.29 is 9.53 Å². The molecule has 0 aliphatic carbocycles. The van der Waals surface area contributed by atoms with Crippen molar-refractivity contribution in [2.45, 2.75) is 32.7 Å². The smallest absolute Gasteiger partial charge is 0.251 e. The molecule has 1 saturated heterocycles. The van der Waals surface area contributed by atoms with E-state index >= 15 is 0 Å².